The summed E-state index contributed by atoms with van der Waals surface area (Å²) in [6.07, 6.45) is 1.67. The maximum absolute atomic E-state index is 13.2. The van der Waals surface area contributed by atoms with Crippen molar-refractivity contribution in [2.75, 3.05) is 50.7 Å². The number of piperazine rings is 1. The highest BCUT2D eigenvalue weighted by Gasteiger charge is 2.39. The second-order valence-corrected chi connectivity index (χ2v) is 10.4. The molecule has 3 amide bonds. The van der Waals surface area contributed by atoms with Gasteiger partial charge >= 0.3 is 0 Å². The summed E-state index contributed by atoms with van der Waals surface area (Å²) in [5.41, 5.74) is 3.30. The summed E-state index contributed by atoms with van der Waals surface area (Å²) in [7, 11) is 0. The molecule has 2 aromatic carbocycles. The summed E-state index contributed by atoms with van der Waals surface area (Å²) in [6.45, 7) is 7.89. The van der Waals surface area contributed by atoms with Crippen LogP contribution in [-0.4, -0.2) is 78.2 Å². The van der Waals surface area contributed by atoms with Crippen LogP contribution in [0.5, 0.6) is 0 Å². The number of rotatable bonds is 5. The second-order valence-electron chi connectivity index (χ2n) is 10.4. The molecule has 7 heteroatoms. The monoisotopic (exact) mass is 488 g/mol. The van der Waals surface area contributed by atoms with E-state index in [0.717, 1.165) is 44.0 Å². The van der Waals surface area contributed by atoms with Crippen LogP contribution < -0.4 is 4.90 Å². The molecular weight excluding hydrogens is 452 g/mol. The number of nitrogens with zero attached hydrogens (tertiary/aromatic N) is 4. The Kier molecular flexibility index (Phi) is 7.37. The fraction of sp³-hybridized carbons (Fsp3) is 0.483. The number of hydrogen-bond acceptors (Lipinski definition) is 4. The Morgan fingerprint density at radius 3 is 2.06 bits per heavy atom. The van der Waals surface area contributed by atoms with Crippen molar-refractivity contribution in [2.24, 2.45) is 11.8 Å². The Morgan fingerprint density at radius 2 is 1.39 bits per heavy atom. The molecule has 0 unspecified atom stereocenters. The SMILES string of the molecule is Cc1ccc(N2C[C@H](C(=O)N3CCC(C(=O)N4CCN(Cc5ccccc5)CC4)CC3)CC2=O)cc1. The van der Waals surface area contributed by atoms with Crippen molar-refractivity contribution in [3.8, 4) is 0 Å². The molecule has 0 radical (unpaired) electrons. The predicted molar refractivity (Wildman–Crippen MR) is 139 cm³/mol. The minimum Gasteiger partial charge on any atom is -0.342 e. The Bertz CT molecular complexity index is 1070. The first-order valence-corrected chi connectivity index (χ1v) is 13.2. The minimum atomic E-state index is -0.302. The van der Waals surface area contributed by atoms with E-state index in [1.807, 2.05) is 47.1 Å². The summed E-state index contributed by atoms with van der Waals surface area (Å²) in [4.78, 5) is 47.0. The van der Waals surface area contributed by atoms with E-state index >= 15 is 0 Å². The van der Waals surface area contributed by atoms with Crippen LogP contribution in [0, 0.1) is 18.8 Å². The van der Waals surface area contributed by atoms with Crippen molar-refractivity contribution in [2.45, 2.75) is 32.7 Å². The molecule has 0 N–H and O–H groups in total. The zero-order valence-corrected chi connectivity index (χ0v) is 21.1. The maximum Gasteiger partial charge on any atom is 0.228 e. The molecule has 1 atom stereocenters. The molecule has 0 aliphatic carbocycles. The molecule has 3 aliphatic heterocycles. The van der Waals surface area contributed by atoms with Crippen LogP contribution in [0.3, 0.4) is 0 Å². The van der Waals surface area contributed by atoms with Gasteiger partial charge in [-0.15, -0.1) is 0 Å². The van der Waals surface area contributed by atoms with Crippen LogP contribution in [0.1, 0.15) is 30.4 Å². The highest BCUT2D eigenvalue weighted by molar-refractivity contribution is 6.00. The third-order valence-corrected chi connectivity index (χ3v) is 7.91. The molecule has 5 rings (SSSR count). The van der Waals surface area contributed by atoms with Gasteiger partial charge in [-0.1, -0.05) is 48.0 Å². The topological polar surface area (TPSA) is 64.2 Å². The van der Waals surface area contributed by atoms with Crippen molar-refractivity contribution in [3.63, 3.8) is 0 Å². The van der Waals surface area contributed by atoms with Crippen molar-refractivity contribution >= 4 is 23.4 Å². The molecule has 190 valence electrons. The molecule has 3 fully saturated rings. The van der Waals surface area contributed by atoms with Crippen LogP contribution in [0.15, 0.2) is 54.6 Å². The summed E-state index contributed by atoms with van der Waals surface area (Å²) in [6, 6.07) is 18.3. The zero-order chi connectivity index (χ0) is 25.1. The molecule has 3 heterocycles. The largest absolute Gasteiger partial charge is 0.342 e. The Balaban J connectivity index is 1.08. The standard InChI is InChI=1S/C29H36N4O3/c1-22-7-9-26(10-8-22)33-21-25(19-27(33)34)29(36)31-13-11-24(12-14-31)28(35)32-17-15-30(16-18-32)20-23-5-3-2-4-6-23/h2-10,24-25H,11-21H2,1H3/t25-/m1/s1. The Hall–Kier alpha value is -3.19. The third-order valence-electron chi connectivity index (χ3n) is 7.91. The predicted octanol–water partition coefficient (Wildman–Crippen LogP) is 2.93. The zero-order valence-electron chi connectivity index (χ0n) is 21.1. The van der Waals surface area contributed by atoms with Gasteiger partial charge in [0, 0.05) is 70.4 Å². The van der Waals surface area contributed by atoms with Crippen molar-refractivity contribution < 1.29 is 14.4 Å². The molecule has 3 aliphatic rings. The van der Waals surface area contributed by atoms with Gasteiger partial charge < -0.3 is 14.7 Å². The molecule has 7 nitrogen and oxygen atoms in total. The van der Waals surface area contributed by atoms with Crippen LogP contribution in [-0.2, 0) is 20.9 Å². The van der Waals surface area contributed by atoms with E-state index in [9.17, 15) is 14.4 Å². The molecule has 2 aromatic rings. The van der Waals surface area contributed by atoms with E-state index in [4.69, 9.17) is 0 Å². The van der Waals surface area contributed by atoms with Crippen LogP contribution >= 0.6 is 0 Å². The van der Waals surface area contributed by atoms with Gasteiger partial charge in [-0.3, -0.25) is 19.3 Å². The summed E-state index contributed by atoms with van der Waals surface area (Å²) >= 11 is 0. The number of carbonyl (C=O) groups excluding carboxylic acids is 3. The lowest BCUT2D eigenvalue weighted by atomic mass is 9.93. The second kappa shape index (κ2) is 10.8. The number of amides is 3. The molecule has 3 saturated heterocycles. The van der Waals surface area contributed by atoms with Crippen molar-refractivity contribution in [1.82, 2.24) is 14.7 Å². The lowest BCUT2D eigenvalue weighted by Gasteiger charge is -2.39. The summed E-state index contributed by atoms with van der Waals surface area (Å²) in [5, 5.41) is 0. The van der Waals surface area contributed by atoms with Gasteiger partial charge in [0.15, 0.2) is 0 Å². The molecule has 0 spiro atoms. The van der Waals surface area contributed by atoms with Crippen LogP contribution in [0.2, 0.25) is 0 Å². The van der Waals surface area contributed by atoms with Gasteiger partial charge in [-0.25, -0.2) is 0 Å². The van der Waals surface area contributed by atoms with E-state index in [-0.39, 0.29) is 36.0 Å². The van der Waals surface area contributed by atoms with Gasteiger partial charge in [0.2, 0.25) is 17.7 Å². The molecule has 0 bridgehead atoms. The van der Waals surface area contributed by atoms with Crippen molar-refractivity contribution in [3.05, 3.63) is 65.7 Å². The van der Waals surface area contributed by atoms with E-state index in [1.54, 1.807) is 4.90 Å². The number of piperidine rings is 1. The lowest BCUT2D eigenvalue weighted by molar-refractivity contribution is -0.143. The minimum absolute atomic E-state index is 0.00803. The fourth-order valence-electron chi connectivity index (χ4n) is 5.68. The van der Waals surface area contributed by atoms with E-state index in [2.05, 4.69) is 29.2 Å². The molecular formula is C29H36N4O3. The lowest BCUT2D eigenvalue weighted by Crippen LogP contribution is -2.52. The average Bonchev–Trinajstić information content (AvgIpc) is 3.31. The highest BCUT2D eigenvalue weighted by atomic mass is 16.2. The number of anilines is 1. The number of hydrogen-bond donors (Lipinski definition) is 0. The smallest absolute Gasteiger partial charge is 0.228 e. The first-order chi connectivity index (χ1) is 17.5. The van der Waals surface area contributed by atoms with Gasteiger partial charge in [-0.05, 0) is 37.5 Å². The normalized spacial score (nSPS) is 21.8. The van der Waals surface area contributed by atoms with Gasteiger partial charge in [0.05, 0.1) is 5.92 Å². The summed E-state index contributed by atoms with van der Waals surface area (Å²) in [5.74, 6) is -0.0113. The average molecular weight is 489 g/mol. The molecule has 0 saturated carbocycles. The molecule has 0 aromatic heterocycles. The van der Waals surface area contributed by atoms with E-state index in [1.165, 1.54) is 5.56 Å². The number of aryl methyl sites for hydroxylation is 1. The van der Waals surface area contributed by atoms with E-state index < -0.39 is 0 Å². The number of carbonyl (C=O) groups is 3. The number of benzene rings is 2. The van der Waals surface area contributed by atoms with Gasteiger partial charge in [-0.2, -0.15) is 0 Å². The Morgan fingerprint density at radius 1 is 0.778 bits per heavy atom. The van der Waals surface area contributed by atoms with Crippen LogP contribution in [0.4, 0.5) is 5.69 Å². The first-order valence-electron chi connectivity index (χ1n) is 13.2. The van der Waals surface area contributed by atoms with Gasteiger partial charge in [0.1, 0.15) is 0 Å². The molecule has 36 heavy (non-hydrogen) atoms. The number of likely N-dealkylation sites (tertiary alicyclic amines) is 1. The van der Waals surface area contributed by atoms with E-state index in [0.29, 0.717) is 32.5 Å². The Labute approximate surface area is 213 Å². The van der Waals surface area contributed by atoms with Crippen LogP contribution in [0.25, 0.3) is 0 Å². The summed E-state index contributed by atoms with van der Waals surface area (Å²) < 4.78 is 0. The third kappa shape index (κ3) is 5.46. The highest BCUT2D eigenvalue weighted by Crippen LogP contribution is 2.29. The van der Waals surface area contributed by atoms with Crippen molar-refractivity contribution in [1.29, 1.82) is 0 Å². The first kappa shape index (κ1) is 24.5. The maximum atomic E-state index is 13.2. The van der Waals surface area contributed by atoms with Gasteiger partial charge in [0.25, 0.3) is 0 Å². The fourth-order valence-corrected chi connectivity index (χ4v) is 5.68. The quantitative estimate of drug-likeness (QED) is 0.649.